The van der Waals surface area contributed by atoms with E-state index in [-0.39, 0.29) is 21.9 Å². The molecule has 9 heteroatoms. The molecule has 1 heterocycles. The van der Waals surface area contributed by atoms with E-state index in [1.165, 1.54) is 24.3 Å². The molecule has 132 valence electrons. The zero-order chi connectivity index (χ0) is 18.9. The first-order chi connectivity index (χ1) is 12.3. The Morgan fingerprint density at radius 3 is 2.69 bits per heavy atom. The summed E-state index contributed by atoms with van der Waals surface area (Å²) in [6, 6.07) is 12.5. The first-order valence-electron chi connectivity index (χ1n) is 7.44. The molecule has 2 aromatic rings. The van der Waals surface area contributed by atoms with Crippen LogP contribution in [0, 0.1) is 11.3 Å². The Kier molecular flexibility index (Phi) is 4.68. The van der Waals surface area contributed by atoms with E-state index in [9.17, 15) is 18.0 Å². The predicted molar refractivity (Wildman–Crippen MR) is 94.9 cm³/mol. The molecule has 0 unspecified atom stereocenters. The summed E-state index contributed by atoms with van der Waals surface area (Å²) in [6.07, 6.45) is 0. The Balaban J connectivity index is 1.80. The highest BCUT2D eigenvalue weighted by Crippen LogP contribution is 2.25. The second-order valence-corrected chi connectivity index (χ2v) is 7.88. The van der Waals surface area contributed by atoms with E-state index in [0.29, 0.717) is 15.6 Å². The Bertz CT molecular complexity index is 1060. The Hall–Kier alpha value is -2.89. The third-order valence-electron chi connectivity index (χ3n) is 3.81. The quantitative estimate of drug-likeness (QED) is 0.865. The normalized spacial score (nSPS) is 15.1. The molecule has 0 atom stereocenters. The van der Waals surface area contributed by atoms with Gasteiger partial charge in [0.15, 0.2) is 0 Å². The zero-order valence-corrected chi connectivity index (χ0v) is 14.8. The van der Waals surface area contributed by atoms with Crippen molar-refractivity contribution in [1.82, 2.24) is 4.31 Å². The minimum absolute atomic E-state index is 0.154. The van der Waals surface area contributed by atoms with Gasteiger partial charge < -0.3 is 5.32 Å². The van der Waals surface area contributed by atoms with Crippen LogP contribution in [-0.2, 0) is 20.6 Å². The molecular weight excluding hydrogens is 378 g/mol. The highest BCUT2D eigenvalue weighted by atomic mass is 35.5. The van der Waals surface area contributed by atoms with Gasteiger partial charge in [-0.25, -0.2) is 12.7 Å². The van der Waals surface area contributed by atoms with Gasteiger partial charge in [-0.3, -0.25) is 9.59 Å². The van der Waals surface area contributed by atoms with Crippen molar-refractivity contribution < 1.29 is 18.0 Å². The summed E-state index contributed by atoms with van der Waals surface area (Å²) in [5, 5.41) is 11.5. The molecule has 0 aliphatic carbocycles. The number of fused-ring (bicyclic) bond motifs is 1. The summed E-state index contributed by atoms with van der Waals surface area (Å²) >= 11 is 5.90. The summed E-state index contributed by atoms with van der Waals surface area (Å²) in [4.78, 5) is 24.7. The SMILES string of the molecule is N#Cc1ccc(NC(=O)CN2C(=O)c3ccccc3CS2(=O)=O)cc1Cl. The monoisotopic (exact) mass is 389 g/mol. The molecule has 3 rings (SSSR count). The van der Waals surface area contributed by atoms with Gasteiger partial charge in [-0.2, -0.15) is 5.26 Å². The predicted octanol–water partition coefficient (Wildman–Crippen LogP) is 2.14. The number of nitrogens with zero attached hydrogens (tertiary/aromatic N) is 2. The van der Waals surface area contributed by atoms with Crippen LogP contribution in [0.3, 0.4) is 0 Å². The standard InChI is InChI=1S/C17H12ClN3O4S/c18-15-7-13(6-5-11(15)8-19)20-16(22)9-21-17(23)14-4-2-1-3-12(14)10-26(21,24)25/h1-7H,9-10H2,(H,20,22). The van der Waals surface area contributed by atoms with Gasteiger partial charge in [0.2, 0.25) is 15.9 Å². The number of carbonyl (C=O) groups excluding carboxylic acids is 2. The van der Waals surface area contributed by atoms with Crippen LogP contribution in [0.1, 0.15) is 21.5 Å². The van der Waals surface area contributed by atoms with Crippen LogP contribution in [0.25, 0.3) is 0 Å². The second kappa shape index (κ2) is 6.78. The largest absolute Gasteiger partial charge is 0.324 e. The van der Waals surface area contributed by atoms with E-state index in [4.69, 9.17) is 16.9 Å². The zero-order valence-electron chi connectivity index (χ0n) is 13.3. The summed E-state index contributed by atoms with van der Waals surface area (Å²) in [7, 11) is -3.94. The number of sulfonamides is 1. The van der Waals surface area contributed by atoms with Gasteiger partial charge >= 0.3 is 0 Å². The number of benzene rings is 2. The van der Waals surface area contributed by atoms with E-state index in [0.717, 1.165) is 0 Å². The molecule has 7 nitrogen and oxygen atoms in total. The highest BCUT2D eigenvalue weighted by molar-refractivity contribution is 7.89. The number of hydrogen-bond acceptors (Lipinski definition) is 5. The molecule has 0 spiro atoms. The lowest BCUT2D eigenvalue weighted by Crippen LogP contribution is -2.45. The number of hydrogen-bond donors (Lipinski definition) is 1. The Morgan fingerprint density at radius 2 is 2.00 bits per heavy atom. The molecule has 0 aromatic heterocycles. The van der Waals surface area contributed by atoms with Crippen molar-refractivity contribution in [1.29, 1.82) is 5.26 Å². The minimum atomic E-state index is -3.94. The topological polar surface area (TPSA) is 107 Å². The van der Waals surface area contributed by atoms with Crippen molar-refractivity contribution in [3.05, 3.63) is 64.2 Å². The van der Waals surface area contributed by atoms with Gasteiger partial charge in [0.25, 0.3) is 5.91 Å². The summed E-state index contributed by atoms with van der Waals surface area (Å²) in [5.41, 5.74) is 1.21. The first kappa shape index (κ1) is 17.9. The fraction of sp³-hybridized carbons (Fsp3) is 0.118. The van der Waals surface area contributed by atoms with Gasteiger partial charge in [0.1, 0.15) is 12.6 Å². The van der Waals surface area contributed by atoms with E-state index in [2.05, 4.69) is 5.32 Å². The van der Waals surface area contributed by atoms with Crippen LogP contribution in [0.5, 0.6) is 0 Å². The lowest BCUT2D eigenvalue weighted by atomic mass is 10.1. The maximum absolute atomic E-state index is 12.5. The first-order valence-corrected chi connectivity index (χ1v) is 9.42. The van der Waals surface area contributed by atoms with Crippen molar-refractivity contribution in [3.8, 4) is 6.07 Å². The van der Waals surface area contributed by atoms with Gasteiger partial charge in [-0.05, 0) is 29.8 Å². The van der Waals surface area contributed by atoms with Crippen molar-refractivity contribution in [3.63, 3.8) is 0 Å². The van der Waals surface area contributed by atoms with Crippen molar-refractivity contribution in [2.75, 3.05) is 11.9 Å². The number of nitriles is 1. The van der Waals surface area contributed by atoms with Crippen molar-refractivity contribution in [2.24, 2.45) is 0 Å². The van der Waals surface area contributed by atoms with Gasteiger partial charge in [-0.1, -0.05) is 29.8 Å². The summed E-state index contributed by atoms with van der Waals surface area (Å²) in [6.45, 7) is -0.646. The third-order valence-corrected chi connectivity index (χ3v) is 5.76. The van der Waals surface area contributed by atoms with E-state index in [1.807, 2.05) is 6.07 Å². The molecular formula is C17H12ClN3O4S. The molecule has 0 saturated carbocycles. The molecule has 0 saturated heterocycles. The fourth-order valence-corrected chi connectivity index (χ4v) is 4.26. The Labute approximate surface area is 154 Å². The fourth-order valence-electron chi connectivity index (χ4n) is 2.57. The molecule has 1 N–H and O–H groups in total. The Morgan fingerprint density at radius 1 is 1.27 bits per heavy atom. The number of rotatable bonds is 3. The second-order valence-electron chi connectivity index (χ2n) is 5.58. The molecule has 2 amide bonds. The number of halogens is 1. The van der Waals surface area contributed by atoms with Gasteiger partial charge in [-0.15, -0.1) is 0 Å². The number of carbonyl (C=O) groups is 2. The molecule has 26 heavy (non-hydrogen) atoms. The van der Waals surface area contributed by atoms with Crippen LogP contribution in [0.15, 0.2) is 42.5 Å². The molecule has 0 fully saturated rings. The summed E-state index contributed by atoms with van der Waals surface area (Å²) in [5.74, 6) is -1.77. The highest BCUT2D eigenvalue weighted by Gasteiger charge is 2.36. The van der Waals surface area contributed by atoms with Crippen molar-refractivity contribution in [2.45, 2.75) is 5.75 Å². The van der Waals surface area contributed by atoms with Crippen LogP contribution >= 0.6 is 11.6 Å². The third kappa shape index (κ3) is 3.40. The van der Waals surface area contributed by atoms with Crippen LogP contribution in [-0.4, -0.2) is 31.1 Å². The van der Waals surface area contributed by atoms with Crippen LogP contribution in [0.2, 0.25) is 5.02 Å². The van der Waals surface area contributed by atoms with Crippen LogP contribution < -0.4 is 5.32 Å². The van der Waals surface area contributed by atoms with Gasteiger partial charge in [0, 0.05) is 11.3 Å². The van der Waals surface area contributed by atoms with E-state index in [1.54, 1.807) is 18.2 Å². The molecule has 1 aliphatic heterocycles. The maximum Gasteiger partial charge on any atom is 0.268 e. The van der Waals surface area contributed by atoms with Crippen LogP contribution in [0.4, 0.5) is 5.69 Å². The lowest BCUT2D eigenvalue weighted by Gasteiger charge is -2.27. The lowest BCUT2D eigenvalue weighted by molar-refractivity contribution is -0.116. The minimum Gasteiger partial charge on any atom is -0.324 e. The average Bonchev–Trinajstić information content (AvgIpc) is 2.58. The average molecular weight is 390 g/mol. The number of nitrogens with one attached hydrogen (secondary N) is 1. The molecule has 1 aliphatic rings. The number of amides is 2. The molecule has 0 radical (unpaired) electrons. The van der Waals surface area contributed by atoms with E-state index >= 15 is 0 Å². The van der Waals surface area contributed by atoms with Crippen molar-refractivity contribution >= 4 is 39.1 Å². The molecule has 2 aromatic carbocycles. The maximum atomic E-state index is 12.5. The van der Waals surface area contributed by atoms with E-state index < -0.39 is 28.4 Å². The summed E-state index contributed by atoms with van der Waals surface area (Å²) < 4.78 is 25.3. The van der Waals surface area contributed by atoms with Gasteiger partial charge in [0.05, 0.1) is 16.3 Å². The number of anilines is 1. The molecule has 0 bridgehead atoms. The smallest absolute Gasteiger partial charge is 0.268 e.